The van der Waals surface area contributed by atoms with Gasteiger partial charge in [-0.3, -0.25) is 4.79 Å². The van der Waals surface area contributed by atoms with Gasteiger partial charge in [0, 0.05) is 13.1 Å². The maximum Gasteiger partial charge on any atom is 0.416 e. The van der Waals surface area contributed by atoms with Crippen LogP contribution in [-0.2, 0) is 11.0 Å². The number of pyridine rings is 1. The van der Waals surface area contributed by atoms with Gasteiger partial charge in [0.1, 0.15) is 6.20 Å². The Morgan fingerprint density at radius 1 is 1.28 bits per heavy atom. The molecule has 1 amide bonds. The van der Waals surface area contributed by atoms with E-state index in [2.05, 4.69) is 10.3 Å². The van der Waals surface area contributed by atoms with Gasteiger partial charge in [0.05, 0.1) is 16.9 Å². The number of aromatic nitrogens is 1. The number of carbonyl (C=O) groups excluding carboxylic acids is 1. The Morgan fingerprint density at radius 3 is 2.66 bits per heavy atom. The molecular formula is C18H17F3N4O4. The lowest BCUT2D eigenvalue weighted by Crippen LogP contribution is -2.24. The molecule has 29 heavy (non-hydrogen) atoms. The molecule has 1 saturated heterocycles. The number of nitrogens with one attached hydrogen (secondary N) is 1. The van der Waals surface area contributed by atoms with E-state index in [-0.39, 0.29) is 11.4 Å². The molecule has 0 bridgehead atoms. The SMILES string of the molecule is O=C(COc1cccnc1[N+](=O)[O-])Nc1cc(C(F)(F)F)ccc1N1CCCC1. The minimum Gasteiger partial charge on any atom is -0.476 e. The lowest BCUT2D eigenvalue weighted by atomic mass is 10.1. The summed E-state index contributed by atoms with van der Waals surface area (Å²) >= 11 is 0. The monoisotopic (exact) mass is 410 g/mol. The largest absolute Gasteiger partial charge is 0.476 e. The summed E-state index contributed by atoms with van der Waals surface area (Å²) in [7, 11) is 0. The normalized spacial score (nSPS) is 14.0. The first-order valence-electron chi connectivity index (χ1n) is 8.74. The van der Waals surface area contributed by atoms with Crippen LogP contribution in [0.2, 0.25) is 0 Å². The van der Waals surface area contributed by atoms with Crippen molar-refractivity contribution in [3.05, 3.63) is 52.2 Å². The third kappa shape index (κ3) is 4.92. The second-order valence-electron chi connectivity index (χ2n) is 6.34. The molecule has 0 aliphatic carbocycles. The second kappa shape index (κ2) is 8.33. The molecule has 2 heterocycles. The molecule has 2 aromatic rings. The third-order valence-electron chi connectivity index (χ3n) is 4.33. The Bertz CT molecular complexity index is 914. The Hall–Kier alpha value is -3.37. The van der Waals surface area contributed by atoms with Crippen LogP contribution in [0.1, 0.15) is 18.4 Å². The molecule has 0 unspecified atom stereocenters. The number of halogens is 3. The van der Waals surface area contributed by atoms with Gasteiger partial charge in [0.2, 0.25) is 5.75 Å². The van der Waals surface area contributed by atoms with Crippen molar-refractivity contribution in [1.82, 2.24) is 4.98 Å². The van der Waals surface area contributed by atoms with Gasteiger partial charge >= 0.3 is 12.0 Å². The predicted octanol–water partition coefficient (Wildman–Crippen LogP) is 3.63. The number of hydrogen-bond acceptors (Lipinski definition) is 6. The van der Waals surface area contributed by atoms with Gasteiger partial charge in [-0.15, -0.1) is 0 Å². The fourth-order valence-electron chi connectivity index (χ4n) is 3.01. The van der Waals surface area contributed by atoms with E-state index >= 15 is 0 Å². The van der Waals surface area contributed by atoms with E-state index in [0.29, 0.717) is 18.8 Å². The highest BCUT2D eigenvalue weighted by molar-refractivity contribution is 5.95. The maximum atomic E-state index is 13.1. The van der Waals surface area contributed by atoms with Gasteiger partial charge in [-0.2, -0.15) is 13.2 Å². The summed E-state index contributed by atoms with van der Waals surface area (Å²) in [4.78, 5) is 27.9. The molecule has 0 atom stereocenters. The molecule has 1 aliphatic heterocycles. The number of amides is 1. The molecule has 154 valence electrons. The van der Waals surface area contributed by atoms with Crippen LogP contribution < -0.4 is 15.0 Å². The van der Waals surface area contributed by atoms with E-state index in [1.165, 1.54) is 24.4 Å². The zero-order valence-corrected chi connectivity index (χ0v) is 15.1. The van der Waals surface area contributed by atoms with Crippen LogP contribution in [0.4, 0.5) is 30.4 Å². The van der Waals surface area contributed by atoms with Crippen LogP contribution >= 0.6 is 0 Å². The van der Waals surface area contributed by atoms with E-state index in [4.69, 9.17) is 4.74 Å². The van der Waals surface area contributed by atoms with Crippen molar-refractivity contribution in [3.63, 3.8) is 0 Å². The Morgan fingerprint density at radius 2 is 2.00 bits per heavy atom. The number of nitro groups is 1. The number of anilines is 2. The van der Waals surface area contributed by atoms with Gasteiger partial charge in [-0.05, 0) is 53.1 Å². The number of carbonyl (C=O) groups is 1. The fourth-order valence-corrected chi connectivity index (χ4v) is 3.01. The van der Waals surface area contributed by atoms with Crippen molar-refractivity contribution < 1.29 is 27.6 Å². The molecule has 1 fully saturated rings. The van der Waals surface area contributed by atoms with Crippen LogP contribution in [0.15, 0.2) is 36.5 Å². The summed E-state index contributed by atoms with van der Waals surface area (Å²) in [6, 6.07) is 5.85. The van der Waals surface area contributed by atoms with Crippen LogP contribution in [0.3, 0.4) is 0 Å². The second-order valence-corrected chi connectivity index (χ2v) is 6.34. The number of ether oxygens (including phenoxy) is 1. The van der Waals surface area contributed by atoms with E-state index in [0.717, 1.165) is 25.0 Å². The zero-order valence-electron chi connectivity index (χ0n) is 15.1. The zero-order chi connectivity index (χ0) is 21.0. The molecule has 1 N–H and O–H groups in total. The number of benzene rings is 1. The van der Waals surface area contributed by atoms with Gasteiger partial charge in [0.15, 0.2) is 6.61 Å². The molecule has 0 radical (unpaired) electrons. The van der Waals surface area contributed by atoms with Gasteiger partial charge in [-0.1, -0.05) is 0 Å². The minimum absolute atomic E-state index is 0.0102. The highest BCUT2D eigenvalue weighted by Gasteiger charge is 2.32. The quantitative estimate of drug-likeness (QED) is 0.577. The van der Waals surface area contributed by atoms with Crippen LogP contribution in [0.25, 0.3) is 0 Å². The summed E-state index contributed by atoms with van der Waals surface area (Å²) < 4.78 is 44.4. The van der Waals surface area contributed by atoms with E-state index < -0.39 is 35.0 Å². The predicted molar refractivity (Wildman–Crippen MR) is 97.9 cm³/mol. The van der Waals surface area contributed by atoms with Crippen molar-refractivity contribution in [2.75, 3.05) is 29.9 Å². The average molecular weight is 410 g/mol. The summed E-state index contributed by atoms with van der Waals surface area (Å²) in [5, 5.41) is 13.4. The van der Waals surface area contributed by atoms with Gasteiger partial charge in [-0.25, -0.2) is 0 Å². The van der Waals surface area contributed by atoms with Crippen LogP contribution in [0.5, 0.6) is 5.75 Å². The molecule has 1 aliphatic rings. The van der Waals surface area contributed by atoms with Crippen molar-refractivity contribution in [1.29, 1.82) is 0 Å². The number of rotatable bonds is 6. The Kier molecular flexibility index (Phi) is 5.85. The number of nitrogens with zero attached hydrogens (tertiary/aromatic N) is 3. The number of alkyl halides is 3. The molecule has 11 heteroatoms. The van der Waals surface area contributed by atoms with Crippen molar-refractivity contribution in [2.45, 2.75) is 19.0 Å². The Labute approximate surface area is 163 Å². The summed E-state index contributed by atoms with van der Waals surface area (Å²) in [6.45, 7) is 0.724. The van der Waals surface area contributed by atoms with Gasteiger partial charge in [0.25, 0.3) is 5.91 Å². The molecule has 1 aromatic carbocycles. The molecular weight excluding hydrogens is 393 g/mol. The smallest absolute Gasteiger partial charge is 0.416 e. The number of hydrogen-bond donors (Lipinski definition) is 1. The lowest BCUT2D eigenvalue weighted by molar-refractivity contribution is -0.390. The first-order chi connectivity index (χ1) is 13.8. The average Bonchev–Trinajstić information content (AvgIpc) is 3.20. The molecule has 8 nitrogen and oxygen atoms in total. The van der Waals surface area contributed by atoms with E-state index in [1.54, 1.807) is 0 Å². The van der Waals surface area contributed by atoms with Crippen molar-refractivity contribution in [2.24, 2.45) is 0 Å². The molecule has 0 spiro atoms. The summed E-state index contributed by atoms with van der Waals surface area (Å²) in [5.74, 6) is -1.52. The topological polar surface area (TPSA) is 97.6 Å². The first kappa shape index (κ1) is 20.4. The molecule has 0 saturated carbocycles. The first-order valence-corrected chi connectivity index (χ1v) is 8.74. The minimum atomic E-state index is -4.56. The lowest BCUT2D eigenvalue weighted by Gasteiger charge is -2.23. The third-order valence-corrected chi connectivity index (χ3v) is 4.33. The Balaban J connectivity index is 1.77. The fraction of sp³-hybridized carbons (Fsp3) is 0.333. The van der Waals surface area contributed by atoms with Crippen LogP contribution in [-0.4, -0.2) is 35.5 Å². The molecule has 3 rings (SSSR count). The van der Waals surface area contributed by atoms with Crippen molar-refractivity contribution in [3.8, 4) is 5.75 Å². The van der Waals surface area contributed by atoms with E-state index in [9.17, 15) is 28.1 Å². The van der Waals surface area contributed by atoms with E-state index in [1.807, 2.05) is 4.90 Å². The summed E-state index contributed by atoms with van der Waals surface area (Å²) in [5.41, 5.74) is -0.396. The molecule has 1 aromatic heterocycles. The summed E-state index contributed by atoms with van der Waals surface area (Å²) in [6.07, 6.45) is -1.55. The van der Waals surface area contributed by atoms with Gasteiger partial charge < -0.3 is 25.1 Å². The highest BCUT2D eigenvalue weighted by Crippen LogP contribution is 2.36. The van der Waals surface area contributed by atoms with Crippen molar-refractivity contribution >= 4 is 23.1 Å². The highest BCUT2D eigenvalue weighted by atomic mass is 19.4. The standard InChI is InChI=1S/C18H17F3N4O4/c19-18(20,21)12-5-6-14(24-8-1-2-9-24)13(10-12)23-16(26)11-29-15-4-3-7-22-17(15)25(27)28/h3-7,10H,1-2,8-9,11H2,(H,23,26). The maximum absolute atomic E-state index is 13.1. The van der Waals surface area contributed by atoms with Crippen LogP contribution in [0, 0.1) is 10.1 Å².